The van der Waals surface area contributed by atoms with Crippen LogP contribution in [0.15, 0.2) is 77.4 Å². The minimum atomic E-state index is -1.09. The highest BCUT2D eigenvalue weighted by Crippen LogP contribution is 2.14. The van der Waals surface area contributed by atoms with E-state index >= 15 is 0 Å². The molecule has 0 saturated carbocycles. The molecule has 0 atom stereocenters. The molecule has 1 N–H and O–H groups in total. The Labute approximate surface area is 156 Å². The molecule has 0 unspecified atom stereocenters. The first-order valence-electron chi connectivity index (χ1n) is 8.22. The Kier molecular flexibility index (Phi) is 8.46. The van der Waals surface area contributed by atoms with Crippen molar-refractivity contribution in [3.8, 4) is 12.3 Å². The zero-order chi connectivity index (χ0) is 19.5. The summed E-state index contributed by atoms with van der Waals surface area (Å²) in [6, 6.07) is 8.33. The van der Waals surface area contributed by atoms with Gasteiger partial charge in [0.25, 0.3) is 0 Å². The van der Waals surface area contributed by atoms with Crippen molar-refractivity contribution in [2.24, 2.45) is 0 Å². The van der Waals surface area contributed by atoms with Gasteiger partial charge in [-0.05, 0) is 43.2 Å². The van der Waals surface area contributed by atoms with E-state index in [2.05, 4.69) is 41.2 Å². The number of anilines is 1. The molecule has 3 heteroatoms. The summed E-state index contributed by atoms with van der Waals surface area (Å²) in [5.74, 6) is 1.06. The second-order valence-corrected chi connectivity index (χ2v) is 6.03. The van der Waals surface area contributed by atoms with Gasteiger partial charge in [-0.25, -0.2) is 4.79 Å². The number of carboxylic acid groups (broad SMARTS) is 1. The molecule has 0 aliphatic heterocycles. The second kappa shape index (κ2) is 10.6. The van der Waals surface area contributed by atoms with E-state index < -0.39 is 5.97 Å². The van der Waals surface area contributed by atoms with Crippen molar-refractivity contribution in [3.63, 3.8) is 0 Å². The Hall–Kier alpha value is -3.25. The Bertz CT molecular complexity index is 811. The zero-order valence-electron chi connectivity index (χ0n) is 15.7. The summed E-state index contributed by atoms with van der Waals surface area (Å²) in [5, 5.41) is 8.89. The molecule has 0 heterocycles. The molecule has 0 amide bonds. The topological polar surface area (TPSA) is 40.5 Å². The molecule has 0 aliphatic carbocycles. The van der Waals surface area contributed by atoms with Crippen LogP contribution in [0.2, 0.25) is 0 Å². The van der Waals surface area contributed by atoms with Crippen molar-refractivity contribution in [2.75, 3.05) is 19.0 Å². The second-order valence-electron chi connectivity index (χ2n) is 6.03. The zero-order valence-corrected chi connectivity index (χ0v) is 15.7. The van der Waals surface area contributed by atoms with Gasteiger partial charge >= 0.3 is 5.97 Å². The molecule has 1 rings (SSSR count). The van der Waals surface area contributed by atoms with Crippen molar-refractivity contribution >= 4 is 17.7 Å². The van der Waals surface area contributed by atoms with Crippen LogP contribution in [0.5, 0.6) is 0 Å². The molecule has 0 fully saturated rings. The van der Waals surface area contributed by atoms with Crippen LogP contribution < -0.4 is 4.90 Å². The first-order valence-corrected chi connectivity index (χ1v) is 8.22. The van der Waals surface area contributed by atoms with Crippen LogP contribution in [0.25, 0.3) is 6.08 Å². The van der Waals surface area contributed by atoms with Gasteiger partial charge in [0.2, 0.25) is 0 Å². The van der Waals surface area contributed by atoms with Gasteiger partial charge in [-0.1, -0.05) is 60.1 Å². The van der Waals surface area contributed by atoms with Crippen LogP contribution in [0.3, 0.4) is 0 Å². The maximum Gasteiger partial charge on any atom is 0.344 e. The summed E-state index contributed by atoms with van der Waals surface area (Å²) < 4.78 is 0. The van der Waals surface area contributed by atoms with Crippen molar-refractivity contribution in [2.45, 2.75) is 13.8 Å². The van der Waals surface area contributed by atoms with E-state index in [1.807, 2.05) is 51.4 Å². The molecule has 1 aromatic carbocycles. The maximum absolute atomic E-state index is 10.9. The molecular weight excluding hydrogens is 322 g/mol. The summed E-state index contributed by atoms with van der Waals surface area (Å²) >= 11 is 0. The normalized spacial score (nSPS) is 13.3. The molecule has 1 aromatic rings. The summed E-state index contributed by atoms with van der Waals surface area (Å²) in [4.78, 5) is 12.9. The number of rotatable bonds is 7. The summed E-state index contributed by atoms with van der Waals surface area (Å²) in [6.07, 6.45) is 18.3. The molecule has 0 aliphatic rings. The van der Waals surface area contributed by atoms with Gasteiger partial charge in [-0.2, -0.15) is 0 Å². The number of carbonyl (C=O) groups is 1. The Morgan fingerprint density at radius 3 is 2.15 bits per heavy atom. The molecule has 3 nitrogen and oxygen atoms in total. The van der Waals surface area contributed by atoms with E-state index in [-0.39, 0.29) is 5.57 Å². The van der Waals surface area contributed by atoms with Gasteiger partial charge in [0.15, 0.2) is 0 Å². The quantitative estimate of drug-likeness (QED) is 0.435. The predicted octanol–water partition coefficient (Wildman–Crippen LogP) is 4.86. The number of nitrogens with zero attached hydrogens (tertiary/aromatic N) is 1. The van der Waals surface area contributed by atoms with E-state index in [1.54, 1.807) is 6.92 Å². The molecule has 0 saturated heterocycles. The van der Waals surface area contributed by atoms with Crippen LogP contribution in [0, 0.1) is 12.3 Å². The van der Waals surface area contributed by atoms with Crippen LogP contribution >= 0.6 is 0 Å². The fourth-order valence-electron chi connectivity index (χ4n) is 2.02. The SMILES string of the molecule is C#C/C(=C/C(C)=C/C=C/C=C(C)/C=C/c1ccc(N(C)C)cc1)C(=O)O. The van der Waals surface area contributed by atoms with Crippen LogP contribution in [-0.2, 0) is 4.79 Å². The number of hydrogen-bond acceptors (Lipinski definition) is 2. The average molecular weight is 347 g/mol. The fourth-order valence-corrected chi connectivity index (χ4v) is 2.02. The third kappa shape index (κ3) is 7.55. The van der Waals surface area contributed by atoms with Crippen molar-refractivity contribution in [1.82, 2.24) is 0 Å². The van der Waals surface area contributed by atoms with E-state index in [4.69, 9.17) is 11.5 Å². The standard InChI is InChI=1S/C23H25NO2/c1-6-21(23(25)26)17-19(3)10-8-7-9-18(2)11-12-20-13-15-22(16-14-20)24(4)5/h1,7-17H,2-5H3,(H,25,26)/b8-7+,12-11+,18-9+,19-10+,21-17-. The molecule has 26 heavy (non-hydrogen) atoms. The highest BCUT2D eigenvalue weighted by atomic mass is 16.4. The predicted molar refractivity (Wildman–Crippen MR) is 111 cm³/mol. The number of terminal acetylenes is 1. The number of benzene rings is 1. The minimum absolute atomic E-state index is 0.0536. The Morgan fingerprint density at radius 2 is 1.65 bits per heavy atom. The minimum Gasteiger partial charge on any atom is -0.477 e. The van der Waals surface area contributed by atoms with Crippen molar-refractivity contribution in [3.05, 3.63) is 83.0 Å². The average Bonchev–Trinajstić information content (AvgIpc) is 2.61. The summed E-state index contributed by atoms with van der Waals surface area (Å²) in [7, 11) is 4.04. The van der Waals surface area contributed by atoms with E-state index in [0.717, 1.165) is 16.7 Å². The first kappa shape index (κ1) is 20.8. The van der Waals surface area contributed by atoms with Gasteiger partial charge in [-0.3, -0.25) is 0 Å². The van der Waals surface area contributed by atoms with Gasteiger partial charge in [-0.15, -0.1) is 6.42 Å². The molecular formula is C23H25NO2. The third-order valence-corrected chi connectivity index (χ3v) is 3.54. The molecule has 0 spiro atoms. The molecule has 0 aromatic heterocycles. The molecule has 0 bridgehead atoms. The lowest BCUT2D eigenvalue weighted by atomic mass is 10.1. The number of carboxylic acids is 1. The fraction of sp³-hybridized carbons (Fsp3) is 0.174. The van der Waals surface area contributed by atoms with Crippen LogP contribution in [0.4, 0.5) is 5.69 Å². The largest absolute Gasteiger partial charge is 0.477 e. The third-order valence-electron chi connectivity index (χ3n) is 3.54. The van der Waals surface area contributed by atoms with Gasteiger partial charge in [0, 0.05) is 19.8 Å². The van der Waals surface area contributed by atoms with Gasteiger partial charge < -0.3 is 10.0 Å². The van der Waals surface area contributed by atoms with Crippen molar-refractivity contribution < 1.29 is 9.90 Å². The number of aliphatic carboxylic acids is 1. The van der Waals surface area contributed by atoms with E-state index in [9.17, 15) is 4.79 Å². The molecule has 0 radical (unpaired) electrons. The highest BCUT2D eigenvalue weighted by Gasteiger charge is 2.01. The van der Waals surface area contributed by atoms with Crippen LogP contribution in [0.1, 0.15) is 19.4 Å². The number of hydrogen-bond donors (Lipinski definition) is 1. The maximum atomic E-state index is 10.9. The number of allylic oxidation sites excluding steroid dienone is 8. The van der Waals surface area contributed by atoms with Gasteiger partial charge in [0.05, 0.1) is 0 Å². The smallest absolute Gasteiger partial charge is 0.344 e. The first-order chi connectivity index (χ1) is 12.3. The van der Waals surface area contributed by atoms with Crippen LogP contribution in [-0.4, -0.2) is 25.2 Å². The highest BCUT2D eigenvalue weighted by molar-refractivity contribution is 5.92. The van der Waals surface area contributed by atoms with Gasteiger partial charge in [0.1, 0.15) is 5.57 Å². The van der Waals surface area contributed by atoms with Crippen molar-refractivity contribution in [1.29, 1.82) is 0 Å². The van der Waals surface area contributed by atoms with E-state index in [1.165, 1.54) is 11.8 Å². The Balaban J connectivity index is 2.70. The lowest BCUT2D eigenvalue weighted by molar-refractivity contribution is -0.132. The summed E-state index contributed by atoms with van der Waals surface area (Å²) in [6.45, 7) is 3.82. The Morgan fingerprint density at radius 1 is 1.08 bits per heavy atom. The monoisotopic (exact) mass is 347 g/mol. The lowest BCUT2D eigenvalue weighted by Gasteiger charge is -2.11. The van der Waals surface area contributed by atoms with E-state index in [0.29, 0.717) is 0 Å². The summed E-state index contributed by atoms with van der Waals surface area (Å²) in [5.41, 5.74) is 4.14. The molecule has 134 valence electrons. The lowest BCUT2D eigenvalue weighted by Crippen LogP contribution is -2.07.